The number of benzene rings is 1. The Labute approximate surface area is 129 Å². The summed E-state index contributed by atoms with van der Waals surface area (Å²) in [5.41, 5.74) is 3.16. The fourth-order valence-corrected chi connectivity index (χ4v) is 4.52. The Hall–Kier alpha value is -0.800. The van der Waals surface area contributed by atoms with Gasteiger partial charge in [0.05, 0.1) is 22.7 Å². The van der Waals surface area contributed by atoms with E-state index in [1.807, 2.05) is 6.92 Å². The number of aliphatic hydroxyl groups excluding tert-OH is 1. The third kappa shape index (κ3) is 3.44. The van der Waals surface area contributed by atoms with E-state index in [4.69, 9.17) is 5.11 Å². The van der Waals surface area contributed by atoms with E-state index < -0.39 is 10.0 Å². The summed E-state index contributed by atoms with van der Waals surface area (Å²) in [6, 6.07) is 4.64. The van der Waals surface area contributed by atoms with Gasteiger partial charge < -0.3 is 5.11 Å². The maximum absolute atomic E-state index is 12.2. The molecule has 0 aliphatic heterocycles. The fourth-order valence-electron chi connectivity index (χ4n) is 1.59. The van der Waals surface area contributed by atoms with Crippen molar-refractivity contribution in [3.8, 4) is 0 Å². The Balaban J connectivity index is 2.20. The van der Waals surface area contributed by atoms with Crippen molar-refractivity contribution < 1.29 is 13.5 Å². The standard InChI is InChI=1S/C12H13BrN2O3S2/c1-8-11(19-7-14-8)5-15-20(17,18)12-3-2-9(6-16)4-10(12)13/h2-4,7,15-16H,5-6H2,1H3. The minimum absolute atomic E-state index is 0.133. The number of thiazole rings is 1. The van der Waals surface area contributed by atoms with Crippen LogP contribution >= 0.6 is 27.3 Å². The van der Waals surface area contributed by atoms with E-state index in [0.29, 0.717) is 10.0 Å². The third-order valence-electron chi connectivity index (χ3n) is 2.74. The zero-order chi connectivity index (χ0) is 14.8. The van der Waals surface area contributed by atoms with E-state index in [2.05, 4.69) is 25.6 Å². The highest BCUT2D eigenvalue weighted by Gasteiger charge is 2.18. The average Bonchev–Trinajstić information content (AvgIpc) is 2.81. The molecule has 108 valence electrons. The molecule has 2 rings (SSSR count). The van der Waals surface area contributed by atoms with E-state index in [-0.39, 0.29) is 18.0 Å². The lowest BCUT2D eigenvalue weighted by Crippen LogP contribution is -2.23. The van der Waals surface area contributed by atoms with Crippen molar-refractivity contribution in [1.29, 1.82) is 0 Å². The van der Waals surface area contributed by atoms with E-state index >= 15 is 0 Å². The molecule has 8 heteroatoms. The number of hydrogen-bond acceptors (Lipinski definition) is 5. The Bertz CT molecular complexity index is 713. The first-order chi connectivity index (χ1) is 9.44. The van der Waals surface area contributed by atoms with E-state index in [1.54, 1.807) is 17.6 Å². The highest BCUT2D eigenvalue weighted by molar-refractivity contribution is 9.10. The van der Waals surface area contributed by atoms with Crippen LogP contribution < -0.4 is 4.72 Å². The first-order valence-corrected chi connectivity index (χ1v) is 8.87. The molecule has 0 saturated carbocycles. The van der Waals surface area contributed by atoms with Gasteiger partial charge in [0, 0.05) is 15.9 Å². The minimum Gasteiger partial charge on any atom is -0.392 e. The molecule has 0 amide bonds. The smallest absolute Gasteiger partial charge is 0.242 e. The molecule has 0 unspecified atom stereocenters. The van der Waals surface area contributed by atoms with E-state index in [9.17, 15) is 8.42 Å². The molecule has 2 N–H and O–H groups in total. The highest BCUT2D eigenvalue weighted by Crippen LogP contribution is 2.24. The van der Waals surface area contributed by atoms with Crippen molar-refractivity contribution in [3.05, 3.63) is 44.3 Å². The van der Waals surface area contributed by atoms with Gasteiger partial charge in [0.2, 0.25) is 10.0 Å². The Morgan fingerprint density at radius 3 is 2.75 bits per heavy atom. The number of nitrogens with zero attached hydrogens (tertiary/aromatic N) is 1. The Morgan fingerprint density at radius 1 is 1.45 bits per heavy atom. The van der Waals surface area contributed by atoms with Crippen LogP contribution in [0.25, 0.3) is 0 Å². The molecule has 1 heterocycles. The third-order valence-corrected chi connectivity index (χ3v) is 6.05. The van der Waals surface area contributed by atoms with Crippen LogP contribution in [0.2, 0.25) is 0 Å². The Morgan fingerprint density at radius 2 is 2.20 bits per heavy atom. The lowest BCUT2D eigenvalue weighted by Gasteiger charge is -2.09. The quantitative estimate of drug-likeness (QED) is 0.837. The molecule has 1 aromatic heterocycles. The van der Waals surface area contributed by atoms with Crippen LogP contribution in [-0.4, -0.2) is 18.5 Å². The number of nitrogens with one attached hydrogen (secondary N) is 1. The summed E-state index contributed by atoms with van der Waals surface area (Å²) in [4.78, 5) is 5.11. The summed E-state index contributed by atoms with van der Waals surface area (Å²) in [5, 5.41) is 9.02. The number of rotatable bonds is 5. The first kappa shape index (κ1) is 15.6. The largest absolute Gasteiger partial charge is 0.392 e. The maximum atomic E-state index is 12.2. The molecule has 0 aliphatic carbocycles. The predicted octanol–water partition coefficient (Wildman–Crippen LogP) is 2.18. The summed E-state index contributed by atoms with van der Waals surface area (Å²) in [7, 11) is -3.61. The summed E-state index contributed by atoms with van der Waals surface area (Å²) in [6.07, 6.45) is 0. The highest BCUT2D eigenvalue weighted by atomic mass is 79.9. The van der Waals surface area contributed by atoms with Crippen LogP contribution in [0.5, 0.6) is 0 Å². The van der Waals surface area contributed by atoms with Crippen molar-refractivity contribution >= 4 is 37.3 Å². The summed E-state index contributed by atoms with van der Waals surface area (Å²) < 4.78 is 27.5. The SMILES string of the molecule is Cc1ncsc1CNS(=O)(=O)c1ccc(CO)cc1Br. The van der Waals surface area contributed by atoms with E-state index in [1.165, 1.54) is 17.4 Å². The molecule has 0 saturated heterocycles. The van der Waals surface area contributed by atoms with Crippen LogP contribution in [0, 0.1) is 6.92 Å². The Kier molecular flexibility index (Phi) is 4.92. The van der Waals surface area contributed by atoms with Crippen molar-refractivity contribution in [2.75, 3.05) is 0 Å². The van der Waals surface area contributed by atoms with E-state index in [0.717, 1.165) is 10.6 Å². The molecule has 5 nitrogen and oxygen atoms in total. The topological polar surface area (TPSA) is 79.3 Å². The van der Waals surface area contributed by atoms with Gasteiger partial charge in [0.1, 0.15) is 0 Å². The number of hydrogen-bond donors (Lipinski definition) is 2. The zero-order valence-corrected chi connectivity index (χ0v) is 13.8. The monoisotopic (exact) mass is 376 g/mol. The zero-order valence-electron chi connectivity index (χ0n) is 10.6. The molecule has 0 radical (unpaired) electrons. The minimum atomic E-state index is -3.61. The van der Waals surface area contributed by atoms with Gasteiger partial charge in [0.25, 0.3) is 0 Å². The molecule has 0 aliphatic rings. The van der Waals surface area contributed by atoms with Crippen molar-refractivity contribution in [1.82, 2.24) is 9.71 Å². The van der Waals surface area contributed by atoms with Crippen molar-refractivity contribution in [2.45, 2.75) is 25.0 Å². The van der Waals surface area contributed by atoms with Gasteiger partial charge in [-0.05, 0) is 40.5 Å². The molecule has 1 aromatic carbocycles. The van der Waals surface area contributed by atoms with Crippen LogP contribution in [0.15, 0.2) is 33.1 Å². The van der Waals surface area contributed by atoms with Crippen LogP contribution in [-0.2, 0) is 23.2 Å². The van der Waals surface area contributed by atoms with Crippen LogP contribution in [0.1, 0.15) is 16.1 Å². The summed E-state index contributed by atoms with van der Waals surface area (Å²) in [5.74, 6) is 0. The molecular weight excluding hydrogens is 364 g/mol. The van der Waals surface area contributed by atoms with Gasteiger partial charge in [-0.3, -0.25) is 0 Å². The fraction of sp³-hybridized carbons (Fsp3) is 0.250. The second kappa shape index (κ2) is 6.31. The lowest BCUT2D eigenvalue weighted by molar-refractivity contribution is 0.281. The molecule has 0 atom stereocenters. The van der Waals surface area contributed by atoms with Crippen LogP contribution in [0.3, 0.4) is 0 Å². The van der Waals surface area contributed by atoms with Crippen molar-refractivity contribution in [2.24, 2.45) is 0 Å². The second-order valence-electron chi connectivity index (χ2n) is 4.11. The molecule has 0 bridgehead atoms. The maximum Gasteiger partial charge on any atom is 0.242 e. The number of aliphatic hydroxyl groups is 1. The van der Waals surface area contributed by atoms with Crippen LogP contribution in [0.4, 0.5) is 0 Å². The number of sulfonamides is 1. The molecule has 0 fully saturated rings. The number of aromatic nitrogens is 1. The normalized spacial score (nSPS) is 11.8. The van der Waals surface area contributed by atoms with Gasteiger partial charge >= 0.3 is 0 Å². The molecule has 20 heavy (non-hydrogen) atoms. The molecule has 2 aromatic rings. The first-order valence-electron chi connectivity index (χ1n) is 5.72. The number of halogens is 1. The predicted molar refractivity (Wildman–Crippen MR) is 80.9 cm³/mol. The average molecular weight is 377 g/mol. The number of aryl methyl sites for hydroxylation is 1. The van der Waals surface area contributed by atoms with Crippen molar-refractivity contribution in [3.63, 3.8) is 0 Å². The van der Waals surface area contributed by atoms with Gasteiger partial charge in [-0.1, -0.05) is 6.07 Å². The lowest BCUT2D eigenvalue weighted by atomic mass is 10.2. The molecule has 0 spiro atoms. The summed E-state index contributed by atoms with van der Waals surface area (Å²) >= 11 is 4.63. The second-order valence-corrected chi connectivity index (χ2v) is 7.64. The van der Waals surface area contributed by atoms with Gasteiger partial charge in [-0.25, -0.2) is 18.1 Å². The summed E-state index contributed by atoms with van der Waals surface area (Å²) in [6.45, 7) is 1.92. The molecular formula is C12H13BrN2O3S2. The van der Waals surface area contributed by atoms with Gasteiger partial charge in [0.15, 0.2) is 0 Å². The van der Waals surface area contributed by atoms with Gasteiger partial charge in [-0.2, -0.15) is 0 Å². The van der Waals surface area contributed by atoms with Gasteiger partial charge in [-0.15, -0.1) is 11.3 Å².